The molecule has 0 fully saturated rings. The average Bonchev–Trinajstić information content (AvgIpc) is 3.55. The summed E-state index contributed by atoms with van der Waals surface area (Å²) in [5, 5.41) is 8.56. The highest BCUT2D eigenvalue weighted by Crippen LogP contribution is 2.30. The minimum Gasteiger partial charge on any atom is -0.484 e. The van der Waals surface area contributed by atoms with Gasteiger partial charge in [-0.1, -0.05) is 42.5 Å². The van der Waals surface area contributed by atoms with Crippen molar-refractivity contribution in [2.75, 3.05) is 53.1 Å². The van der Waals surface area contributed by atoms with Crippen LogP contribution in [0.15, 0.2) is 60.0 Å². The lowest BCUT2D eigenvalue weighted by Gasteiger charge is -2.32. The van der Waals surface area contributed by atoms with Crippen LogP contribution in [-0.4, -0.2) is 86.7 Å². The fraction of sp³-hybridized carbons (Fsp3) is 0.457. The standard InChI is InChI=1S/C35H44N4O7S/c1-3-45-34(43)35(16-20-44-2)22-26-12-14-29(15-13-26)46-23-31(41)36-17-8-19-39(18-7-11-30(40)37-25-35)32(42)21-28-24-47-33(38-28)27-9-5-4-6-10-27/h4-6,9-10,12-15,24H,3,7-8,11,16-23,25H2,1-2H3,(H,36,41)(H,37,40). The number of fused-ring (bicyclic) bond motifs is 17. The molecule has 1 unspecified atom stereocenters. The van der Waals surface area contributed by atoms with Gasteiger partial charge in [-0.15, -0.1) is 11.3 Å². The van der Waals surface area contributed by atoms with E-state index < -0.39 is 11.4 Å². The number of thiazole rings is 1. The van der Waals surface area contributed by atoms with Gasteiger partial charge in [0.2, 0.25) is 11.8 Å². The van der Waals surface area contributed by atoms with E-state index in [1.807, 2.05) is 47.8 Å². The summed E-state index contributed by atoms with van der Waals surface area (Å²) in [5.41, 5.74) is 1.47. The van der Waals surface area contributed by atoms with Gasteiger partial charge in [-0.3, -0.25) is 19.2 Å². The first-order valence-electron chi connectivity index (χ1n) is 16.0. The number of rotatable bonds is 8. The molecule has 3 amide bonds. The summed E-state index contributed by atoms with van der Waals surface area (Å²) in [6.45, 7) is 3.31. The van der Waals surface area contributed by atoms with E-state index >= 15 is 0 Å². The Balaban J connectivity index is 1.48. The van der Waals surface area contributed by atoms with Crippen molar-refractivity contribution in [1.29, 1.82) is 0 Å². The Morgan fingerprint density at radius 3 is 2.53 bits per heavy atom. The van der Waals surface area contributed by atoms with Crippen LogP contribution in [-0.2, 0) is 41.5 Å². The molecule has 12 heteroatoms. The smallest absolute Gasteiger partial charge is 0.314 e. The van der Waals surface area contributed by atoms with Crippen molar-refractivity contribution in [3.05, 3.63) is 71.2 Å². The molecule has 2 aliphatic heterocycles. The summed E-state index contributed by atoms with van der Waals surface area (Å²) in [6.07, 6.45) is 1.91. The molecular formula is C35H44N4O7S. The predicted molar refractivity (Wildman–Crippen MR) is 179 cm³/mol. The highest BCUT2D eigenvalue weighted by Gasteiger charge is 2.40. The molecule has 2 bridgehead atoms. The maximum atomic E-state index is 13.5. The largest absolute Gasteiger partial charge is 0.484 e. The van der Waals surface area contributed by atoms with E-state index in [1.165, 1.54) is 11.3 Å². The van der Waals surface area contributed by atoms with Crippen LogP contribution in [0.1, 0.15) is 43.9 Å². The number of hydrogen-bond donors (Lipinski definition) is 2. The molecular weight excluding hydrogens is 620 g/mol. The number of ether oxygens (including phenoxy) is 3. The summed E-state index contributed by atoms with van der Waals surface area (Å²) < 4.78 is 16.5. The van der Waals surface area contributed by atoms with E-state index in [1.54, 1.807) is 31.1 Å². The minimum atomic E-state index is -1.06. The van der Waals surface area contributed by atoms with Crippen LogP contribution in [0.25, 0.3) is 10.6 Å². The molecule has 3 heterocycles. The lowest BCUT2D eigenvalue weighted by atomic mass is 9.78. The molecule has 3 aromatic rings. The van der Waals surface area contributed by atoms with Gasteiger partial charge in [0, 0.05) is 57.3 Å². The van der Waals surface area contributed by atoms with Crippen LogP contribution >= 0.6 is 11.3 Å². The highest BCUT2D eigenvalue weighted by atomic mass is 32.1. The Kier molecular flexibility index (Phi) is 13.7. The lowest BCUT2D eigenvalue weighted by Crippen LogP contribution is -2.46. The number of hydrogen-bond acceptors (Lipinski definition) is 9. The van der Waals surface area contributed by atoms with Gasteiger partial charge in [-0.25, -0.2) is 4.98 Å². The predicted octanol–water partition coefficient (Wildman–Crippen LogP) is 3.81. The molecule has 2 aliphatic rings. The zero-order chi connectivity index (χ0) is 33.5. The van der Waals surface area contributed by atoms with Gasteiger partial charge in [0.15, 0.2) is 6.61 Å². The summed E-state index contributed by atoms with van der Waals surface area (Å²) in [7, 11) is 1.56. The molecule has 11 nitrogen and oxygen atoms in total. The van der Waals surface area contributed by atoms with Crippen molar-refractivity contribution in [3.8, 4) is 16.3 Å². The first-order valence-corrected chi connectivity index (χ1v) is 16.9. The number of nitrogens with zero attached hydrogens (tertiary/aromatic N) is 2. The molecule has 0 spiro atoms. The van der Waals surface area contributed by atoms with E-state index in [4.69, 9.17) is 14.2 Å². The number of esters is 1. The molecule has 252 valence electrons. The zero-order valence-electron chi connectivity index (χ0n) is 27.1. The molecule has 0 saturated heterocycles. The number of nitrogens with one attached hydrogen (secondary N) is 2. The number of carbonyl (C=O) groups excluding carboxylic acids is 4. The van der Waals surface area contributed by atoms with Crippen LogP contribution in [0.3, 0.4) is 0 Å². The van der Waals surface area contributed by atoms with Gasteiger partial charge < -0.3 is 29.7 Å². The van der Waals surface area contributed by atoms with Gasteiger partial charge in [0.25, 0.3) is 5.91 Å². The Morgan fingerprint density at radius 1 is 1.02 bits per heavy atom. The number of aromatic nitrogens is 1. The lowest BCUT2D eigenvalue weighted by molar-refractivity contribution is -0.156. The van der Waals surface area contributed by atoms with Crippen molar-refractivity contribution in [2.45, 2.75) is 45.4 Å². The van der Waals surface area contributed by atoms with Crippen molar-refractivity contribution in [2.24, 2.45) is 5.41 Å². The van der Waals surface area contributed by atoms with E-state index in [0.29, 0.717) is 63.4 Å². The monoisotopic (exact) mass is 664 g/mol. The van der Waals surface area contributed by atoms with Crippen LogP contribution < -0.4 is 15.4 Å². The fourth-order valence-corrected chi connectivity index (χ4v) is 6.20. The maximum absolute atomic E-state index is 13.5. The molecule has 1 aromatic heterocycles. The SMILES string of the molecule is CCOC(=O)C1(CCOC)CNC(=O)CCCN(C(=O)Cc2csc(-c3ccccc3)n2)CCCNC(=O)COc2ccc(cc2)C1. The van der Waals surface area contributed by atoms with Gasteiger partial charge in [-0.2, -0.15) is 0 Å². The van der Waals surface area contributed by atoms with E-state index in [9.17, 15) is 19.2 Å². The third-order valence-corrected chi connectivity index (χ3v) is 8.91. The van der Waals surface area contributed by atoms with Gasteiger partial charge in [0.05, 0.1) is 24.1 Å². The van der Waals surface area contributed by atoms with Crippen molar-refractivity contribution >= 4 is 35.0 Å². The Hall–Kier alpha value is -4.29. The molecule has 2 N–H and O–H groups in total. The number of carbonyl (C=O) groups is 4. The fourth-order valence-electron chi connectivity index (χ4n) is 5.38. The van der Waals surface area contributed by atoms with Crippen molar-refractivity contribution < 1.29 is 33.4 Å². The number of amides is 3. The Bertz CT molecular complexity index is 1460. The second-order valence-corrected chi connectivity index (χ2v) is 12.4. The second kappa shape index (κ2) is 18.2. The number of methoxy groups -OCH3 is 1. The van der Waals surface area contributed by atoms with Crippen LogP contribution in [0.5, 0.6) is 5.75 Å². The highest BCUT2D eigenvalue weighted by molar-refractivity contribution is 7.13. The summed E-state index contributed by atoms with van der Waals surface area (Å²) in [6, 6.07) is 17.0. The average molecular weight is 665 g/mol. The van der Waals surface area contributed by atoms with Gasteiger partial charge in [-0.05, 0) is 50.3 Å². The van der Waals surface area contributed by atoms with Crippen LogP contribution in [0, 0.1) is 5.41 Å². The maximum Gasteiger partial charge on any atom is 0.314 e. The molecule has 2 aromatic carbocycles. The number of benzene rings is 2. The summed E-state index contributed by atoms with van der Waals surface area (Å²) >= 11 is 1.49. The van der Waals surface area contributed by atoms with E-state index in [0.717, 1.165) is 16.1 Å². The topological polar surface area (TPSA) is 136 Å². The molecule has 0 aliphatic carbocycles. The summed E-state index contributed by atoms with van der Waals surface area (Å²) in [5.74, 6) is -0.489. The quantitative estimate of drug-likeness (QED) is 0.347. The molecule has 5 rings (SSSR count). The Labute approximate surface area is 280 Å². The van der Waals surface area contributed by atoms with E-state index in [2.05, 4.69) is 15.6 Å². The first kappa shape index (κ1) is 35.6. The molecule has 0 saturated carbocycles. The molecule has 0 radical (unpaired) electrons. The molecule has 47 heavy (non-hydrogen) atoms. The van der Waals surface area contributed by atoms with Crippen LogP contribution in [0.4, 0.5) is 0 Å². The van der Waals surface area contributed by atoms with Crippen LogP contribution in [0.2, 0.25) is 0 Å². The van der Waals surface area contributed by atoms with Gasteiger partial charge in [0.1, 0.15) is 10.8 Å². The van der Waals surface area contributed by atoms with E-state index in [-0.39, 0.29) is 50.3 Å². The normalized spacial score (nSPS) is 18.5. The third-order valence-electron chi connectivity index (χ3n) is 7.97. The molecule has 1 atom stereocenters. The first-order chi connectivity index (χ1) is 22.8. The minimum absolute atomic E-state index is 0.0721. The Morgan fingerprint density at radius 2 is 1.79 bits per heavy atom. The zero-order valence-corrected chi connectivity index (χ0v) is 27.9. The third kappa shape index (κ3) is 10.9. The second-order valence-electron chi connectivity index (χ2n) is 11.5. The van der Waals surface area contributed by atoms with Gasteiger partial charge >= 0.3 is 5.97 Å². The van der Waals surface area contributed by atoms with Crippen molar-refractivity contribution in [1.82, 2.24) is 20.5 Å². The summed E-state index contributed by atoms with van der Waals surface area (Å²) in [4.78, 5) is 58.8. The van der Waals surface area contributed by atoms with Crippen molar-refractivity contribution in [3.63, 3.8) is 0 Å².